The van der Waals surface area contributed by atoms with Gasteiger partial charge in [-0.3, -0.25) is 20.4 Å². The second-order valence-corrected chi connectivity index (χ2v) is 7.37. The Labute approximate surface area is 166 Å². The number of amides is 2. The molecule has 28 heavy (non-hydrogen) atoms. The number of nitrogens with zero attached hydrogens (tertiary/aromatic N) is 1. The van der Waals surface area contributed by atoms with E-state index in [1.807, 2.05) is 19.1 Å². The maximum absolute atomic E-state index is 13.0. The van der Waals surface area contributed by atoms with Crippen LogP contribution in [0, 0.1) is 12.7 Å². The van der Waals surface area contributed by atoms with Gasteiger partial charge < -0.3 is 0 Å². The quantitative estimate of drug-likeness (QED) is 0.643. The molecule has 7 heteroatoms. The summed E-state index contributed by atoms with van der Waals surface area (Å²) in [6, 6.07) is 13.4. The van der Waals surface area contributed by atoms with Crippen molar-refractivity contribution in [2.75, 3.05) is 0 Å². The molecule has 0 fully saturated rings. The number of hydrazine groups is 1. The maximum atomic E-state index is 13.0. The van der Waals surface area contributed by atoms with E-state index in [0.29, 0.717) is 22.6 Å². The average molecular weight is 397 g/mol. The van der Waals surface area contributed by atoms with Crippen molar-refractivity contribution in [3.8, 4) is 0 Å². The lowest BCUT2D eigenvalue weighted by molar-refractivity contribution is 0.0848. The topological polar surface area (TPSA) is 71.1 Å². The van der Waals surface area contributed by atoms with Gasteiger partial charge in [0, 0.05) is 12.0 Å². The van der Waals surface area contributed by atoms with Gasteiger partial charge in [0.05, 0.1) is 10.7 Å². The van der Waals surface area contributed by atoms with Gasteiger partial charge in [0.25, 0.3) is 11.8 Å². The molecule has 0 radical (unpaired) electrons. The van der Waals surface area contributed by atoms with Crippen molar-refractivity contribution in [2.24, 2.45) is 0 Å². The summed E-state index contributed by atoms with van der Waals surface area (Å²) in [6.07, 6.45) is 1.40. The minimum atomic E-state index is -0.418. The number of carbonyl (C=O) groups is 2. The van der Waals surface area contributed by atoms with E-state index in [4.69, 9.17) is 0 Å². The molecule has 0 bridgehead atoms. The fourth-order valence-corrected chi connectivity index (χ4v) is 3.64. The highest BCUT2D eigenvalue weighted by Crippen LogP contribution is 2.21. The second-order valence-electron chi connectivity index (χ2n) is 6.28. The predicted molar refractivity (Wildman–Crippen MR) is 107 cm³/mol. The Balaban J connectivity index is 1.61. The molecule has 1 heterocycles. The zero-order valence-electron chi connectivity index (χ0n) is 15.6. The lowest BCUT2D eigenvalue weighted by Crippen LogP contribution is -2.41. The molecule has 0 atom stereocenters. The first-order chi connectivity index (χ1) is 13.5. The molecule has 0 unspecified atom stereocenters. The van der Waals surface area contributed by atoms with E-state index in [1.54, 1.807) is 31.2 Å². The number of thiazole rings is 1. The fraction of sp³-hybridized carbons (Fsp3) is 0.190. The monoisotopic (exact) mass is 397 g/mol. The zero-order valence-corrected chi connectivity index (χ0v) is 16.4. The molecule has 0 saturated carbocycles. The van der Waals surface area contributed by atoms with Crippen LogP contribution in [0.15, 0.2) is 48.5 Å². The molecule has 2 N–H and O–H groups in total. The first-order valence-electron chi connectivity index (χ1n) is 8.86. The lowest BCUT2D eigenvalue weighted by Gasteiger charge is -2.07. The number of aryl methyl sites for hydroxylation is 2. The van der Waals surface area contributed by atoms with E-state index < -0.39 is 5.91 Å². The van der Waals surface area contributed by atoms with Gasteiger partial charge in [-0.2, -0.15) is 0 Å². The van der Waals surface area contributed by atoms with Gasteiger partial charge >= 0.3 is 0 Å². The standard InChI is InChI=1S/C21H20FN3O2S/c1-3-14-4-8-16(9-5-14)20(26)24-25-21(27)19-13(2)23-18(28-19)12-15-6-10-17(22)11-7-15/h4-11H,3,12H2,1-2H3,(H,24,26)(H,25,27). The molecule has 5 nitrogen and oxygen atoms in total. The van der Waals surface area contributed by atoms with Crippen molar-refractivity contribution >= 4 is 23.2 Å². The SMILES string of the molecule is CCc1ccc(C(=O)NNC(=O)c2sc(Cc3ccc(F)cc3)nc2C)cc1. The van der Waals surface area contributed by atoms with Crippen molar-refractivity contribution in [1.82, 2.24) is 15.8 Å². The van der Waals surface area contributed by atoms with Crippen molar-refractivity contribution < 1.29 is 14.0 Å². The van der Waals surface area contributed by atoms with Crippen LogP contribution in [0.3, 0.4) is 0 Å². The molecule has 0 aliphatic carbocycles. The molecule has 0 spiro atoms. The van der Waals surface area contributed by atoms with E-state index in [0.717, 1.165) is 22.6 Å². The summed E-state index contributed by atoms with van der Waals surface area (Å²) in [7, 11) is 0. The first-order valence-corrected chi connectivity index (χ1v) is 9.68. The number of carbonyl (C=O) groups excluding carboxylic acids is 2. The van der Waals surface area contributed by atoms with Crippen LogP contribution in [0.4, 0.5) is 4.39 Å². The summed E-state index contributed by atoms with van der Waals surface area (Å²) >= 11 is 1.25. The van der Waals surface area contributed by atoms with Gasteiger partial charge in [-0.25, -0.2) is 9.37 Å². The number of halogens is 1. The van der Waals surface area contributed by atoms with E-state index >= 15 is 0 Å². The van der Waals surface area contributed by atoms with Crippen LogP contribution in [0.2, 0.25) is 0 Å². The molecule has 0 aliphatic rings. The Morgan fingerprint density at radius 2 is 1.57 bits per heavy atom. The fourth-order valence-electron chi connectivity index (χ4n) is 2.65. The smallest absolute Gasteiger partial charge is 0.267 e. The van der Waals surface area contributed by atoms with Crippen molar-refractivity contribution in [2.45, 2.75) is 26.7 Å². The third kappa shape index (κ3) is 4.80. The summed E-state index contributed by atoms with van der Waals surface area (Å²) in [6.45, 7) is 3.78. The molecule has 3 rings (SSSR count). The van der Waals surface area contributed by atoms with Crippen molar-refractivity contribution in [3.63, 3.8) is 0 Å². The summed E-state index contributed by atoms with van der Waals surface area (Å²) in [5, 5.41) is 0.746. The third-order valence-electron chi connectivity index (χ3n) is 4.23. The number of hydrogen-bond acceptors (Lipinski definition) is 4. The molecular weight excluding hydrogens is 377 g/mol. The van der Waals surface area contributed by atoms with Crippen LogP contribution in [-0.4, -0.2) is 16.8 Å². The molecule has 144 valence electrons. The number of hydrogen-bond donors (Lipinski definition) is 2. The van der Waals surface area contributed by atoms with E-state index in [9.17, 15) is 14.0 Å². The Hall–Kier alpha value is -3.06. The predicted octanol–water partition coefficient (Wildman–Crippen LogP) is 3.82. The highest BCUT2D eigenvalue weighted by atomic mass is 32.1. The molecule has 0 aliphatic heterocycles. The van der Waals surface area contributed by atoms with Gasteiger partial charge in [0.1, 0.15) is 10.7 Å². The normalized spacial score (nSPS) is 10.5. The van der Waals surface area contributed by atoms with Crippen LogP contribution in [0.1, 0.15) is 48.8 Å². The molecule has 2 amide bonds. The van der Waals surface area contributed by atoms with Crippen LogP contribution in [0.25, 0.3) is 0 Å². The van der Waals surface area contributed by atoms with E-state index in [-0.39, 0.29) is 11.7 Å². The Bertz CT molecular complexity index is 982. The van der Waals surface area contributed by atoms with Crippen LogP contribution < -0.4 is 10.9 Å². The van der Waals surface area contributed by atoms with Crippen LogP contribution >= 0.6 is 11.3 Å². The summed E-state index contributed by atoms with van der Waals surface area (Å²) < 4.78 is 13.0. The largest absolute Gasteiger partial charge is 0.281 e. The number of rotatable bonds is 5. The average Bonchev–Trinajstić information content (AvgIpc) is 3.07. The number of nitrogens with one attached hydrogen (secondary N) is 2. The van der Waals surface area contributed by atoms with Crippen LogP contribution in [-0.2, 0) is 12.8 Å². The third-order valence-corrected chi connectivity index (χ3v) is 5.39. The molecule has 2 aromatic carbocycles. The van der Waals surface area contributed by atoms with Crippen molar-refractivity contribution in [1.29, 1.82) is 0 Å². The molecule has 0 saturated heterocycles. The zero-order chi connectivity index (χ0) is 20.1. The summed E-state index contributed by atoms with van der Waals surface area (Å²) in [5.41, 5.74) is 7.95. The Morgan fingerprint density at radius 3 is 2.21 bits per heavy atom. The Morgan fingerprint density at radius 1 is 0.964 bits per heavy atom. The van der Waals surface area contributed by atoms with Gasteiger partial charge in [0.2, 0.25) is 0 Å². The maximum Gasteiger partial charge on any atom is 0.281 e. The summed E-state index contributed by atoms with van der Waals surface area (Å²) in [5.74, 6) is -1.09. The second kappa shape index (κ2) is 8.75. The highest BCUT2D eigenvalue weighted by molar-refractivity contribution is 7.13. The van der Waals surface area contributed by atoms with Gasteiger partial charge in [-0.1, -0.05) is 31.2 Å². The van der Waals surface area contributed by atoms with Crippen molar-refractivity contribution in [3.05, 3.63) is 86.6 Å². The number of aromatic nitrogens is 1. The van der Waals surface area contributed by atoms with Gasteiger partial charge in [-0.05, 0) is 48.7 Å². The number of benzene rings is 2. The highest BCUT2D eigenvalue weighted by Gasteiger charge is 2.16. The Kier molecular flexibility index (Phi) is 6.16. The molecule has 1 aromatic heterocycles. The van der Waals surface area contributed by atoms with Gasteiger partial charge in [0.15, 0.2) is 0 Å². The van der Waals surface area contributed by atoms with Crippen LogP contribution in [0.5, 0.6) is 0 Å². The van der Waals surface area contributed by atoms with E-state index in [1.165, 1.54) is 23.5 Å². The first kappa shape index (κ1) is 19.7. The minimum Gasteiger partial charge on any atom is -0.267 e. The summed E-state index contributed by atoms with van der Waals surface area (Å²) in [4.78, 5) is 29.4. The molecule has 3 aromatic rings. The molecular formula is C21H20FN3O2S. The van der Waals surface area contributed by atoms with Gasteiger partial charge in [-0.15, -0.1) is 11.3 Å². The minimum absolute atomic E-state index is 0.292. The van der Waals surface area contributed by atoms with E-state index in [2.05, 4.69) is 15.8 Å². The lowest BCUT2D eigenvalue weighted by atomic mass is 10.1.